The Morgan fingerprint density at radius 3 is 2.90 bits per heavy atom. The second-order valence-electron chi connectivity index (χ2n) is 6.29. The number of likely N-dealkylation sites (N-methyl/N-ethyl adjacent to an activating group) is 1. The molecule has 1 aliphatic heterocycles. The molecule has 3 heteroatoms. The molecule has 0 saturated carbocycles. The Kier molecular flexibility index (Phi) is 3.74. The Labute approximate surface area is 121 Å². The lowest BCUT2D eigenvalue weighted by Gasteiger charge is -2.47. The number of benzene rings is 1. The highest BCUT2D eigenvalue weighted by atomic mass is 16.5. The third-order valence-electron chi connectivity index (χ3n) is 5.11. The van der Waals surface area contributed by atoms with Gasteiger partial charge in [-0.25, -0.2) is 0 Å². The van der Waals surface area contributed by atoms with E-state index in [0.717, 1.165) is 43.5 Å². The molecule has 0 bridgehead atoms. The number of nitrogens with zero attached hydrogens (tertiary/aromatic N) is 1. The van der Waals surface area contributed by atoms with Gasteiger partial charge in [0, 0.05) is 6.04 Å². The fourth-order valence-corrected chi connectivity index (χ4v) is 4.01. The van der Waals surface area contributed by atoms with Crippen molar-refractivity contribution in [1.82, 2.24) is 4.90 Å². The van der Waals surface area contributed by atoms with Gasteiger partial charge >= 0.3 is 0 Å². The maximum absolute atomic E-state index is 11.4. The number of hydrogen-bond acceptors (Lipinski definition) is 3. The Hall–Kier alpha value is -1.06. The summed E-state index contributed by atoms with van der Waals surface area (Å²) in [6.45, 7) is 1.09. The fraction of sp³-hybridized carbons (Fsp3) is 0.647. The van der Waals surface area contributed by atoms with E-state index in [-0.39, 0.29) is 6.04 Å². The fourth-order valence-electron chi connectivity index (χ4n) is 4.01. The molecule has 1 fully saturated rings. The van der Waals surface area contributed by atoms with Gasteiger partial charge in [-0.15, -0.1) is 0 Å². The number of rotatable bonds is 2. The van der Waals surface area contributed by atoms with E-state index in [1.165, 1.54) is 18.4 Å². The number of piperidine rings is 1. The average molecular weight is 275 g/mol. The summed E-state index contributed by atoms with van der Waals surface area (Å²) >= 11 is 0. The Balaban J connectivity index is 2.02. The summed E-state index contributed by atoms with van der Waals surface area (Å²) in [5.74, 6) is 0.850. The minimum Gasteiger partial charge on any atom is -0.497 e. The van der Waals surface area contributed by atoms with Crippen LogP contribution in [0.2, 0.25) is 0 Å². The number of aryl methyl sites for hydroxylation is 1. The first-order valence-corrected chi connectivity index (χ1v) is 7.75. The van der Waals surface area contributed by atoms with Crippen LogP contribution in [0.1, 0.15) is 43.2 Å². The van der Waals surface area contributed by atoms with Gasteiger partial charge in [0.1, 0.15) is 11.4 Å². The van der Waals surface area contributed by atoms with Gasteiger partial charge in [-0.2, -0.15) is 0 Å². The zero-order chi connectivity index (χ0) is 14.2. The molecule has 110 valence electrons. The number of hydrogen-bond donors (Lipinski definition) is 1. The molecule has 2 atom stereocenters. The number of fused-ring (bicyclic) bond motifs is 1. The van der Waals surface area contributed by atoms with Crippen molar-refractivity contribution < 1.29 is 9.84 Å². The van der Waals surface area contributed by atoms with Gasteiger partial charge < -0.3 is 14.7 Å². The van der Waals surface area contributed by atoms with Crippen LogP contribution in [0, 0.1) is 0 Å². The molecule has 2 aliphatic rings. The van der Waals surface area contributed by atoms with Crippen molar-refractivity contribution >= 4 is 0 Å². The van der Waals surface area contributed by atoms with Crippen LogP contribution in [0.5, 0.6) is 5.75 Å². The summed E-state index contributed by atoms with van der Waals surface area (Å²) in [7, 11) is 3.84. The van der Waals surface area contributed by atoms with Crippen LogP contribution >= 0.6 is 0 Å². The molecular weight excluding hydrogens is 250 g/mol. The van der Waals surface area contributed by atoms with Gasteiger partial charge in [0.15, 0.2) is 0 Å². The second kappa shape index (κ2) is 5.38. The zero-order valence-electron chi connectivity index (χ0n) is 12.6. The van der Waals surface area contributed by atoms with Crippen LogP contribution < -0.4 is 4.74 Å². The second-order valence-corrected chi connectivity index (χ2v) is 6.29. The highest BCUT2D eigenvalue weighted by Gasteiger charge is 2.44. The first kappa shape index (κ1) is 13.9. The van der Waals surface area contributed by atoms with E-state index in [1.807, 2.05) is 6.07 Å². The van der Waals surface area contributed by atoms with E-state index in [4.69, 9.17) is 4.74 Å². The van der Waals surface area contributed by atoms with Crippen molar-refractivity contribution in [2.75, 3.05) is 20.7 Å². The molecule has 1 N–H and O–H groups in total. The minimum absolute atomic E-state index is 0.238. The molecule has 1 aliphatic carbocycles. The van der Waals surface area contributed by atoms with Crippen molar-refractivity contribution in [3.63, 3.8) is 0 Å². The predicted molar refractivity (Wildman–Crippen MR) is 80.1 cm³/mol. The largest absolute Gasteiger partial charge is 0.497 e. The maximum Gasteiger partial charge on any atom is 0.119 e. The van der Waals surface area contributed by atoms with E-state index in [0.29, 0.717) is 0 Å². The van der Waals surface area contributed by atoms with Gasteiger partial charge in [0.2, 0.25) is 0 Å². The van der Waals surface area contributed by atoms with E-state index in [1.54, 1.807) is 7.11 Å². The first-order valence-electron chi connectivity index (χ1n) is 7.75. The van der Waals surface area contributed by atoms with Gasteiger partial charge in [-0.1, -0.05) is 12.5 Å². The minimum atomic E-state index is -0.711. The molecule has 0 spiro atoms. The first-order chi connectivity index (χ1) is 9.65. The lowest BCUT2D eigenvalue weighted by molar-refractivity contribution is -0.0711. The molecular formula is C17H25NO2. The normalized spacial score (nSPS) is 30.9. The van der Waals surface area contributed by atoms with Gasteiger partial charge in [-0.05, 0) is 69.0 Å². The number of likely N-dealkylation sites (tertiary alicyclic amines) is 1. The summed E-state index contributed by atoms with van der Waals surface area (Å²) in [6, 6.07) is 6.43. The van der Waals surface area contributed by atoms with Gasteiger partial charge in [0.25, 0.3) is 0 Å². The highest BCUT2D eigenvalue weighted by Crippen LogP contribution is 2.43. The Morgan fingerprint density at radius 1 is 1.30 bits per heavy atom. The van der Waals surface area contributed by atoms with Gasteiger partial charge in [-0.3, -0.25) is 0 Å². The smallest absolute Gasteiger partial charge is 0.119 e. The topological polar surface area (TPSA) is 32.7 Å². The van der Waals surface area contributed by atoms with Crippen molar-refractivity contribution in [3.8, 4) is 5.75 Å². The molecule has 0 amide bonds. The molecule has 0 radical (unpaired) electrons. The Morgan fingerprint density at radius 2 is 2.15 bits per heavy atom. The monoisotopic (exact) mass is 275 g/mol. The lowest BCUT2D eigenvalue weighted by atomic mass is 9.72. The SMILES string of the molecule is COc1ccc2c(c1)C(O)(C1CCCCN1C)CCC2. The molecule has 1 aromatic rings. The van der Waals surface area contributed by atoms with Crippen molar-refractivity contribution in [3.05, 3.63) is 29.3 Å². The summed E-state index contributed by atoms with van der Waals surface area (Å²) in [4.78, 5) is 2.35. The van der Waals surface area contributed by atoms with Crippen LogP contribution in [-0.4, -0.2) is 36.8 Å². The number of ether oxygens (including phenoxy) is 1. The van der Waals surface area contributed by atoms with Crippen LogP contribution in [0.25, 0.3) is 0 Å². The maximum atomic E-state index is 11.4. The van der Waals surface area contributed by atoms with E-state index in [2.05, 4.69) is 24.1 Å². The number of methoxy groups -OCH3 is 1. The van der Waals surface area contributed by atoms with E-state index >= 15 is 0 Å². The summed E-state index contributed by atoms with van der Waals surface area (Å²) in [5.41, 5.74) is 1.68. The third-order valence-corrected chi connectivity index (χ3v) is 5.11. The zero-order valence-corrected chi connectivity index (χ0v) is 12.6. The molecule has 0 aromatic heterocycles. The molecule has 1 aromatic carbocycles. The van der Waals surface area contributed by atoms with Crippen LogP contribution in [0.15, 0.2) is 18.2 Å². The summed E-state index contributed by atoms with van der Waals surface area (Å²) in [6.07, 6.45) is 6.55. The van der Waals surface area contributed by atoms with Crippen molar-refractivity contribution in [2.24, 2.45) is 0 Å². The lowest BCUT2D eigenvalue weighted by Crippen LogP contribution is -2.52. The molecule has 3 rings (SSSR count). The molecule has 1 heterocycles. The van der Waals surface area contributed by atoms with E-state index in [9.17, 15) is 5.11 Å². The Bertz CT molecular complexity index is 488. The van der Waals surface area contributed by atoms with Crippen LogP contribution in [-0.2, 0) is 12.0 Å². The highest BCUT2D eigenvalue weighted by molar-refractivity contribution is 5.42. The summed E-state index contributed by atoms with van der Waals surface area (Å²) < 4.78 is 5.36. The molecule has 2 unspecified atom stereocenters. The van der Waals surface area contributed by atoms with E-state index < -0.39 is 5.60 Å². The van der Waals surface area contributed by atoms with Crippen LogP contribution in [0.3, 0.4) is 0 Å². The predicted octanol–water partition coefficient (Wildman–Crippen LogP) is 2.70. The number of aliphatic hydroxyl groups is 1. The third kappa shape index (κ3) is 2.23. The van der Waals surface area contributed by atoms with Crippen molar-refractivity contribution in [1.29, 1.82) is 0 Å². The van der Waals surface area contributed by atoms with Crippen LogP contribution in [0.4, 0.5) is 0 Å². The van der Waals surface area contributed by atoms with Crippen molar-refractivity contribution in [2.45, 2.75) is 50.2 Å². The quantitative estimate of drug-likeness (QED) is 0.901. The molecule has 20 heavy (non-hydrogen) atoms. The molecule has 3 nitrogen and oxygen atoms in total. The average Bonchev–Trinajstić information content (AvgIpc) is 2.48. The van der Waals surface area contributed by atoms with Gasteiger partial charge in [0.05, 0.1) is 7.11 Å². The molecule has 1 saturated heterocycles. The summed E-state index contributed by atoms with van der Waals surface area (Å²) in [5, 5.41) is 11.4. The standard InChI is InChI=1S/C17H25NO2/c1-18-11-4-3-7-16(18)17(19)10-5-6-13-8-9-14(20-2)12-15(13)17/h8-9,12,16,19H,3-7,10-11H2,1-2H3.